The zero-order valence-corrected chi connectivity index (χ0v) is 27.7. The van der Waals surface area contributed by atoms with Crippen LogP contribution in [-0.2, 0) is 25.7 Å². The second-order valence-electron chi connectivity index (χ2n) is 12.3. The lowest BCUT2D eigenvalue weighted by molar-refractivity contribution is -0.137. The molecule has 6 rings (SSSR count). The van der Waals surface area contributed by atoms with Gasteiger partial charge in [0.25, 0.3) is 0 Å². The molecule has 0 unspecified atom stereocenters. The molecule has 0 radical (unpaired) electrons. The van der Waals surface area contributed by atoms with Crippen LogP contribution in [0.5, 0.6) is 17.2 Å². The van der Waals surface area contributed by atoms with E-state index in [2.05, 4.69) is 9.88 Å². The van der Waals surface area contributed by atoms with E-state index in [0.717, 1.165) is 28.8 Å². The van der Waals surface area contributed by atoms with Crippen LogP contribution in [0.1, 0.15) is 33.9 Å². The molecular formula is C41H38F3N3O4. The number of benzene rings is 5. The number of aliphatic hydroxyl groups is 2. The number of rotatable bonds is 14. The van der Waals surface area contributed by atoms with Gasteiger partial charge in [-0.2, -0.15) is 13.2 Å². The normalized spacial score (nSPS) is 12.9. The highest BCUT2D eigenvalue weighted by Gasteiger charge is 2.31. The Labute approximate surface area is 294 Å². The minimum atomic E-state index is -4.47. The first-order chi connectivity index (χ1) is 24.7. The van der Waals surface area contributed by atoms with Crippen molar-refractivity contribution in [2.45, 2.75) is 37.9 Å². The van der Waals surface area contributed by atoms with Crippen LogP contribution >= 0.6 is 0 Å². The average Bonchev–Trinajstić information content (AvgIpc) is 3.14. The first kappa shape index (κ1) is 35.4. The van der Waals surface area contributed by atoms with E-state index in [0.29, 0.717) is 53.5 Å². The first-order valence-corrected chi connectivity index (χ1v) is 16.5. The van der Waals surface area contributed by atoms with Crippen LogP contribution in [0.4, 0.5) is 18.9 Å². The van der Waals surface area contributed by atoms with Crippen LogP contribution < -0.4 is 15.2 Å². The minimum absolute atomic E-state index is 0.158. The van der Waals surface area contributed by atoms with Crippen molar-refractivity contribution in [2.24, 2.45) is 0 Å². The molecule has 2 atom stereocenters. The monoisotopic (exact) mass is 693 g/mol. The molecule has 0 amide bonds. The fourth-order valence-electron chi connectivity index (χ4n) is 5.92. The highest BCUT2D eigenvalue weighted by Crippen LogP contribution is 2.35. The lowest BCUT2D eigenvalue weighted by atomic mass is 10.0. The molecule has 0 saturated carbocycles. The molecule has 0 bridgehead atoms. The smallest absolute Gasteiger partial charge is 0.416 e. The van der Waals surface area contributed by atoms with Gasteiger partial charge in [-0.05, 0) is 77.2 Å². The van der Waals surface area contributed by atoms with Gasteiger partial charge in [-0.25, -0.2) is 0 Å². The van der Waals surface area contributed by atoms with E-state index in [1.165, 1.54) is 12.3 Å². The molecule has 6 aromatic rings. The number of anilines is 1. The molecule has 0 aliphatic rings. The van der Waals surface area contributed by atoms with Crippen LogP contribution in [0.3, 0.4) is 0 Å². The summed E-state index contributed by atoms with van der Waals surface area (Å²) in [7, 11) is 0. The number of aliphatic hydroxyl groups excluding tert-OH is 2. The van der Waals surface area contributed by atoms with E-state index in [1.54, 1.807) is 36.4 Å². The fourth-order valence-corrected chi connectivity index (χ4v) is 5.92. The van der Waals surface area contributed by atoms with E-state index < -0.39 is 17.8 Å². The Bertz CT molecular complexity index is 2030. The lowest BCUT2D eigenvalue weighted by Crippen LogP contribution is -2.41. The number of nitrogen functional groups attached to an aromatic ring is 1. The summed E-state index contributed by atoms with van der Waals surface area (Å²) in [5.74, 6) is 1.41. The predicted octanol–water partition coefficient (Wildman–Crippen LogP) is 8.35. The summed E-state index contributed by atoms with van der Waals surface area (Å²) in [6.07, 6.45) is -3.48. The summed E-state index contributed by atoms with van der Waals surface area (Å²) in [6, 6.07) is 36.9. The van der Waals surface area contributed by atoms with Gasteiger partial charge in [-0.3, -0.25) is 9.88 Å². The summed E-state index contributed by atoms with van der Waals surface area (Å²) in [5, 5.41) is 22.5. The Kier molecular flexibility index (Phi) is 11.2. The third-order valence-corrected chi connectivity index (χ3v) is 8.67. The third kappa shape index (κ3) is 9.23. The Morgan fingerprint density at radius 3 is 2.14 bits per heavy atom. The Morgan fingerprint density at radius 2 is 1.47 bits per heavy atom. The number of pyridine rings is 1. The molecule has 0 fully saturated rings. The van der Waals surface area contributed by atoms with Crippen molar-refractivity contribution in [1.29, 1.82) is 0 Å². The second-order valence-corrected chi connectivity index (χ2v) is 12.3. The third-order valence-electron chi connectivity index (χ3n) is 8.67. The number of hydrogen-bond donors (Lipinski definition) is 3. The van der Waals surface area contributed by atoms with Crippen LogP contribution in [-0.4, -0.2) is 39.3 Å². The SMILES string of the molecule is Nc1cc([C@H](O)CN(Cc2ccccc2)[C@H](CO)Cc2ccc(Oc3ccnc4cc(C(F)(F)F)ccc34)cc2)ccc1OCc1ccccc1. The number of nitrogens with two attached hydrogens (primary N) is 1. The van der Waals surface area contributed by atoms with Gasteiger partial charge in [-0.1, -0.05) is 78.9 Å². The summed E-state index contributed by atoms with van der Waals surface area (Å²) < 4.78 is 51.6. The number of alkyl halides is 3. The van der Waals surface area contributed by atoms with E-state index in [9.17, 15) is 23.4 Å². The average molecular weight is 694 g/mol. The van der Waals surface area contributed by atoms with Gasteiger partial charge in [0, 0.05) is 30.7 Å². The summed E-state index contributed by atoms with van der Waals surface area (Å²) in [5.41, 5.74) is 9.76. The standard InChI is InChI=1S/C41H38F3N3O4/c42-41(43,44)32-14-17-35-37(23-32)46-20-19-39(35)51-34-15-11-28(12-16-34)21-33(26-48)47(24-29-7-3-1-4-8-29)25-38(49)31-13-18-40(36(45)22-31)50-27-30-9-5-2-6-10-30/h1-20,22-23,33,38,48-49H,21,24-27,45H2/t33-,38+/m0/s1. The largest absolute Gasteiger partial charge is 0.487 e. The van der Waals surface area contributed by atoms with Crippen molar-refractivity contribution in [3.05, 3.63) is 161 Å². The molecule has 0 aliphatic carbocycles. The molecule has 0 aliphatic heterocycles. The highest BCUT2D eigenvalue weighted by atomic mass is 19.4. The van der Waals surface area contributed by atoms with Crippen LogP contribution in [0.15, 0.2) is 134 Å². The molecule has 262 valence electrons. The molecule has 10 heteroatoms. The van der Waals surface area contributed by atoms with Gasteiger partial charge in [0.15, 0.2) is 0 Å². The quantitative estimate of drug-likeness (QED) is 0.0987. The molecule has 7 nitrogen and oxygen atoms in total. The number of fused-ring (bicyclic) bond motifs is 1. The molecule has 1 heterocycles. The Balaban J connectivity index is 1.15. The van der Waals surface area contributed by atoms with Gasteiger partial charge < -0.3 is 25.4 Å². The van der Waals surface area contributed by atoms with Gasteiger partial charge >= 0.3 is 6.18 Å². The van der Waals surface area contributed by atoms with Crippen LogP contribution in [0.2, 0.25) is 0 Å². The molecule has 0 spiro atoms. The number of halogens is 3. The van der Waals surface area contributed by atoms with Crippen molar-refractivity contribution in [3.63, 3.8) is 0 Å². The fraction of sp³-hybridized carbons (Fsp3) is 0.195. The maximum Gasteiger partial charge on any atom is 0.416 e. The molecule has 5 aromatic carbocycles. The van der Waals surface area contributed by atoms with Gasteiger partial charge in [0.05, 0.1) is 29.5 Å². The van der Waals surface area contributed by atoms with Crippen molar-refractivity contribution in [3.8, 4) is 17.2 Å². The molecule has 4 N–H and O–H groups in total. The van der Waals surface area contributed by atoms with E-state index in [-0.39, 0.29) is 24.7 Å². The number of ether oxygens (including phenoxy) is 2. The number of hydrogen-bond acceptors (Lipinski definition) is 7. The predicted molar refractivity (Wildman–Crippen MR) is 191 cm³/mol. The maximum atomic E-state index is 13.2. The van der Waals surface area contributed by atoms with Crippen molar-refractivity contribution < 1.29 is 32.9 Å². The zero-order chi connectivity index (χ0) is 35.8. The molecule has 1 aromatic heterocycles. The first-order valence-electron chi connectivity index (χ1n) is 16.5. The molecule has 51 heavy (non-hydrogen) atoms. The zero-order valence-electron chi connectivity index (χ0n) is 27.7. The van der Waals surface area contributed by atoms with Gasteiger partial charge in [0.2, 0.25) is 0 Å². The summed E-state index contributed by atoms with van der Waals surface area (Å²) in [4.78, 5) is 6.14. The highest BCUT2D eigenvalue weighted by molar-refractivity contribution is 5.85. The van der Waals surface area contributed by atoms with Crippen LogP contribution in [0.25, 0.3) is 10.9 Å². The molecular weight excluding hydrogens is 655 g/mol. The van der Waals surface area contributed by atoms with Crippen LogP contribution in [0, 0.1) is 0 Å². The lowest BCUT2D eigenvalue weighted by Gasteiger charge is -2.33. The maximum absolute atomic E-state index is 13.2. The topological polar surface area (TPSA) is 101 Å². The second kappa shape index (κ2) is 16.1. The van der Waals surface area contributed by atoms with Crippen molar-refractivity contribution in [2.75, 3.05) is 18.9 Å². The number of aromatic nitrogens is 1. The Morgan fingerprint density at radius 1 is 0.765 bits per heavy atom. The van der Waals surface area contributed by atoms with Gasteiger partial charge in [0.1, 0.15) is 23.9 Å². The minimum Gasteiger partial charge on any atom is -0.487 e. The number of nitrogens with zero attached hydrogens (tertiary/aromatic N) is 2. The summed E-state index contributed by atoms with van der Waals surface area (Å²) in [6.45, 7) is 0.935. The van der Waals surface area contributed by atoms with E-state index in [4.69, 9.17) is 15.2 Å². The molecule has 0 saturated heterocycles. The van der Waals surface area contributed by atoms with E-state index in [1.807, 2.05) is 72.8 Å². The van der Waals surface area contributed by atoms with Crippen molar-refractivity contribution in [1.82, 2.24) is 9.88 Å². The van der Waals surface area contributed by atoms with Crippen molar-refractivity contribution >= 4 is 16.6 Å². The Hall–Kier alpha value is -5.42. The van der Waals surface area contributed by atoms with E-state index >= 15 is 0 Å². The van der Waals surface area contributed by atoms with Gasteiger partial charge in [-0.15, -0.1) is 0 Å². The summed E-state index contributed by atoms with van der Waals surface area (Å²) >= 11 is 0.